The van der Waals surface area contributed by atoms with Gasteiger partial charge in [-0.2, -0.15) is 0 Å². The van der Waals surface area contributed by atoms with Crippen molar-refractivity contribution in [1.29, 1.82) is 0 Å². The van der Waals surface area contributed by atoms with Crippen LogP contribution in [0.1, 0.15) is 44.1 Å². The first-order valence-corrected chi connectivity index (χ1v) is 10.4. The zero-order valence-corrected chi connectivity index (χ0v) is 17.1. The highest BCUT2D eigenvalue weighted by molar-refractivity contribution is 5.67. The highest BCUT2D eigenvalue weighted by Crippen LogP contribution is 2.31. The molecule has 1 heterocycles. The number of likely N-dealkylation sites (tertiary alicyclic amines) is 1. The van der Waals surface area contributed by atoms with Crippen LogP contribution in [0.2, 0.25) is 0 Å². The third kappa shape index (κ3) is 5.39. The van der Waals surface area contributed by atoms with Crippen LogP contribution in [-0.2, 0) is 16.0 Å². The second kappa shape index (κ2) is 10.1. The summed E-state index contributed by atoms with van der Waals surface area (Å²) in [4.78, 5) is 13.5. The number of hydrogen-bond acceptors (Lipinski definition) is 5. The minimum Gasteiger partial charge on any atom is -0.493 e. The smallest absolute Gasteiger partial charge is 0.303 e. The molecular formula is C22H33NO5. The lowest BCUT2D eigenvalue weighted by Gasteiger charge is -2.38. The van der Waals surface area contributed by atoms with Crippen molar-refractivity contribution in [3.63, 3.8) is 0 Å². The van der Waals surface area contributed by atoms with Crippen LogP contribution in [-0.4, -0.2) is 62.0 Å². The van der Waals surface area contributed by atoms with Crippen LogP contribution in [0.3, 0.4) is 0 Å². The van der Waals surface area contributed by atoms with Crippen LogP contribution in [0.5, 0.6) is 11.5 Å². The molecule has 0 spiro atoms. The van der Waals surface area contributed by atoms with Crippen molar-refractivity contribution in [1.82, 2.24) is 4.90 Å². The monoisotopic (exact) mass is 391 g/mol. The number of rotatable bonds is 9. The summed E-state index contributed by atoms with van der Waals surface area (Å²) < 4.78 is 17.0. The molecule has 0 bridgehead atoms. The number of aliphatic carboxylic acids is 1. The average Bonchev–Trinajstić information content (AvgIpc) is 3.15. The van der Waals surface area contributed by atoms with E-state index in [9.17, 15) is 4.79 Å². The van der Waals surface area contributed by atoms with Crippen LogP contribution >= 0.6 is 0 Å². The van der Waals surface area contributed by atoms with Gasteiger partial charge in [0.25, 0.3) is 0 Å². The molecule has 2 fully saturated rings. The van der Waals surface area contributed by atoms with Crippen molar-refractivity contribution in [3.8, 4) is 11.5 Å². The Balaban J connectivity index is 1.52. The summed E-state index contributed by atoms with van der Waals surface area (Å²) in [5.41, 5.74) is 1.17. The molecule has 1 saturated carbocycles. The second-order valence-corrected chi connectivity index (χ2v) is 7.95. The molecule has 1 aliphatic carbocycles. The van der Waals surface area contributed by atoms with E-state index in [4.69, 9.17) is 19.3 Å². The molecule has 1 saturated heterocycles. The van der Waals surface area contributed by atoms with E-state index in [2.05, 4.69) is 11.0 Å². The lowest BCUT2D eigenvalue weighted by Crippen LogP contribution is -2.45. The average molecular weight is 392 g/mol. The van der Waals surface area contributed by atoms with E-state index >= 15 is 0 Å². The lowest BCUT2D eigenvalue weighted by molar-refractivity contribution is -0.138. The van der Waals surface area contributed by atoms with Gasteiger partial charge in [-0.25, -0.2) is 0 Å². The molecule has 3 atom stereocenters. The van der Waals surface area contributed by atoms with E-state index in [1.165, 1.54) is 18.4 Å². The summed E-state index contributed by atoms with van der Waals surface area (Å²) in [5.74, 6) is 1.09. The first kappa shape index (κ1) is 20.9. The number of hydrogen-bond donors (Lipinski definition) is 1. The predicted molar refractivity (Wildman–Crippen MR) is 107 cm³/mol. The number of carbonyl (C=O) groups is 1. The number of carboxylic acids is 1. The van der Waals surface area contributed by atoms with Gasteiger partial charge in [0.2, 0.25) is 0 Å². The van der Waals surface area contributed by atoms with Gasteiger partial charge in [-0.3, -0.25) is 9.69 Å². The van der Waals surface area contributed by atoms with Gasteiger partial charge < -0.3 is 19.3 Å². The van der Waals surface area contributed by atoms with E-state index < -0.39 is 5.97 Å². The molecule has 6 heteroatoms. The van der Waals surface area contributed by atoms with Crippen molar-refractivity contribution in [2.24, 2.45) is 5.92 Å². The van der Waals surface area contributed by atoms with Crippen LogP contribution in [0, 0.1) is 5.92 Å². The predicted octanol–water partition coefficient (Wildman–Crippen LogP) is 3.37. The minimum atomic E-state index is -0.682. The third-order valence-electron chi connectivity index (χ3n) is 6.09. The van der Waals surface area contributed by atoms with Crippen molar-refractivity contribution in [2.75, 3.05) is 33.9 Å². The minimum absolute atomic E-state index is 0.248. The van der Waals surface area contributed by atoms with Gasteiger partial charge in [0.05, 0.1) is 26.9 Å². The fourth-order valence-electron chi connectivity index (χ4n) is 4.63. The normalized spacial score (nSPS) is 25.6. The largest absolute Gasteiger partial charge is 0.493 e. The number of benzene rings is 1. The molecule has 156 valence electrons. The maximum atomic E-state index is 11.0. The molecule has 1 aromatic carbocycles. The molecule has 1 aromatic rings. The van der Waals surface area contributed by atoms with Crippen LogP contribution in [0.4, 0.5) is 0 Å². The maximum absolute atomic E-state index is 11.0. The van der Waals surface area contributed by atoms with Gasteiger partial charge in [0, 0.05) is 19.0 Å². The van der Waals surface area contributed by atoms with Crippen molar-refractivity contribution >= 4 is 5.97 Å². The quantitative estimate of drug-likeness (QED) is 0.696. The summed E-state index contributed by atoms with van der Waals surface area (Å²) >= 11 is 0. The van der Waals surface area contributed by atoms with Crippen molar-refractivity contribution < 1.29 is 24.1 Å². The Morgan fingerprint density at radius 2 is 1.93 bits per heavy atom. The fraction of sp³-hybridized carbons (Fsp3) is 0.682. The lowest BCUT2D eigenvalue weighted by atomic mass is 9.91. The van der Waals surface area contributed by atoms with Crippen molar-refractivity contribution in [3.05, 3.63) is 23.8 Å². The molecule has 0 aromatic heterocycles. The Morgan fingerprint density at radius 1 is 1.14 bits per heavy atom. The van der Waals surface area contributed by atoms with Crippen molar-refractivity contribution in [2.45, 2.75) is 57.1 Å². The van der Waals surface area contributed by atoms with Gasteiger partial charge in [0.15, 0.2) is 11.5 Å². The standard InChI is InChI=1S/C22H33NO5/c1-26-20-8-7-16(13-21(20)27-2)10-12-28-19-6-4-3-5-18(19)23-11-9-17(15-23)14-22(24)25/h7-8,13,17-19H,3-6,9-12,14-15H2,1-2H3,(H,24,25)/t17-,18-,19-/m1/s1. The van der Waals surface area contributed by atoms with Crippen LogP contribution in [0.25, 0.3) is 0 Å². The molecular weight excluding hydrogens is 358 g/mol. The molecule has 0 unspecified atom stereocenters. The second-order valence-electron chi connectivity index (χ2n) is 7.95. The number of methoxy groups -OCH3 is 2. The first-order chi connectivity index (χ1) is 13.6. The van der Waals surface area contributed by atoms with Gasteiger partial charge in [0.1, 0.15) is 0 Å². The molecule has 28 heavy (non-hydrogen) atoms. The van der Waals surface area contributed by atoms with Gasteiger partial charge in [-0.15, -0.1) is 0 Å². The molecule has 1 N–H and O–H groups in total. The summed E-state index contributed by atoms with van der Waals surface area (Å²) in [6.07, 6.45) is 7.06. The highest BCUT2D eigenvalue weighted by atomic mass is 16.5. The summed E-state index contributed by atoms with van der Waals surface area (Å²) in [6.45, 7) is 2.58. The molecule has 0 radical (unpaired) electrons. The Kier molecular flexibility index (Phi) is 7.57. The molecule has 0 amide bonds. The van der Waals surface area contributed by atoms with E-state index in [0.717, 1.165) is 50.3 Å². The summed E-state index contributed by atoms with van der Waals surface area (Å²) in [6, 6.07) is 6.43. The van der Waals surface area contributed by atoms with E-state index in [1.54, 1.807) is 14.2 Å². The topological polar surface area (TPSA) is 68.2 Å². The zero-order chi connectivity index (χ0) is 19.9. The first-order valence-electron chi connectivity index (χ1n) is 10.4. The molecule has 2 aliphatic rings. The van der Waals surface area contributed by atoms with Crippen LogP contribution in [0.15, 0.2) is 18.2 Å². The third-order valence-corrected chi connectivity index (χ3v) is 6.09. The zero-order valence-electron chi connectivity index (χ0n) is 17.1. The Hall–Kier alpha value is -1.79. The maximum Gasteiger partial charge on any atom is 0.303 e. The van der Waals surface area contributed by atoms with Gasteiger partial charge in [-0.05, 0) is 55.8 Å². The molecule has 6 nitrogen and oxygen atoms in total. The highest BCUT2D eigenvalue weighted by Gasteiger charge is 2.35. The van der Waals surface area contributed by atoms with E-state index in [0.29, 0.717) is 12.6 Å². The number of nitrogens with zero attached hydrogens (tertiary/aromatic N) is 1. The summed E-state index contributed by atoms with van der Waals surface area (Å²) in [7, 11) is 3.29. The Morgan fingerprint density at radius 3 is 2.68 bits per heavy atom. The Bertz CT molecular complexity index is 650. The SMILES string of the molecule is COc1ccc(CCO[C@@H]2CCCC[C@H]2N2CC[C@H](CC(=O)O)C2)cc1OC. The van der Waals surface area contributed by atoms with Gasteiger partial charge >= 0.3 is 5.97 Å². The number of carboxylic acid groups (broad SMARTS) is 1. The van der Waals surface area contributed by atoms with Gasteiger partial charge in [-0.1, -0.05) is 18.9 Å². The Labute approximate surface area is 167 Å². The number of ether oxygens (including phenoxy) is 3. The summed E-state index contributed by atoms with van der Waals surface area (Å²) in [5, 5.41) is 9.06. The molecule has 1 aliphatic heterocycles. The molecule has 3 rings (SSSR count). The van der Waals surface area contributed by atoms with E-state index in [1.807, 2.05) is 12.1 Å². The van der Waals surface area contributed by atoms with Crippen LogP contribution < -0.4 is 9.47 Å². The van der Waals surface area contributed by atoms with E-state index in [-0.39, 0.29) is 18.4 Å². The fourth-order valence-corrected chi connectivity index (χ4v) is 4.63.